The number of ketones is 1. The highest BCUT2D eigenvalue weighted by molar-refractivity contribution is 5.76. The van der Waals surface area contributed by atoms with Crippen molar-refractivity contribution in [2.45, 2.75) is 40.5 Å². The van der Waals surface area contributed by atoms with Gasteiger partial charge in [-0.3, -0.25) is 4.79 Å². The third kappa shape index (κ3) is 12.9. The molecule has 0 heterocycles. The van der Waals surface area contributed by atoms with Crippen molar-refractivity contribution in [3.8, 4) is 5.75 Å². The molecule has 0 bridgehead atoms. The highest BCUT2D eigenvalue weighted by Crippen LogP contribution is 2.15. The molecular weight excluding hydrogens is 306 g/mol. The maximum atomic E-state index is 10.6. The first kappa shape index (κ1) is 22.4. The fourth-order valence-electron chi connectivity index (χ4n) is 1.81. The van der Waals surface area contributed by atoms with Crippen LogP contribution in [-0.2, 0) is 14.3 Å². The topological polar surface area (TPSA) is 56.8 Å². The lowest BCUT2D eigenvalue weighted by Crippen LogP contribution is -2.08. The van der Waals surface area contributed by atoms with Crippen molar-refractivity contribution in [3.63, 3.8) is 0 Å². The number of benzene rings is 1. The van der Waals surface area contributed by atoms with E-state index in [0.717, 1.165) is 30.8 Å². The molecule has 1 aromatic rings. The van der Waals surface area contributed by atoms with E-state index in [1.165, 1.54) is 6.92 Å². The second-order valence-electron chi connectivity index (χ2n) is 4.98. The molecule has 0 unspecified atom stereocenters. The number of carbonyl (C=O) groups excluding carboxylic acids is 1. The second-order valence-corrected chi connectivity index (χ2v) is 4.98. The van der Waals surface area contributed by atoms with Gasteiger partial charge in [-0.05, 0) is 44.5 Å². The molecule has 0 radical (unpaired) electrons. The predicted molar refractivity (Wildman–Crippen MR) is 101 cm³/mol. The highest BCUT2D eigenvalue weighted by atomic mass is 16.5. The van der Waals surface area contributed by atoms with E-state index >= 15 is 0 Å². The molecule has 0 spiro atoms. The van der Waals surface area contributed by atoms with Gasteiger partial charge in [0.25, 0.3) is 0 Å². The lowest BCUT2D eigenvalue weighted by molar-refractivity contribution is -0.121. The molecule has 0 atom stereocenters. The standard InChI is InChI=1S/C17H27NO4.C2H6.H2/c1-3-18-16-6-8-17(9-7-16)22-13-5-11-20-10-4-12-21-14-15(2)19;1-2;/h6-9,18H,3-5,10-14H2,1-2H3;1-2H3;1H. The summed E-state index contributed by atoms with van der Waals surface area (Å²) in [6.07, 6.45) is 1.66. The number of hydrogen-bond donors (Lipinski definition) is 1. The van der Waals surface area contributed by atoms with Crippen molar-refractivity contribution in [1.82, 2.24) is 0 Å². The molecule has 0 aliphatic heterocycles. The molecule has 0 amide bonds. The summed E-state index contributed by atoms with van der Waals surface area (Å²) >= 11 is 0. The number of Topliss-reactive ketones (excluding diaryl/α,β-unsaturated/α-hetero) is 1. The van der Waals surface area contributed by atoms with Crippen molar-refractivity contribution in [3.05, 3.63) is 24.3 Å². The number of anilines is 1. The Morgan fingerprint density at radius 1 is 1.00 bits per heavy atom. The van der Waals surface area contributed by atoms with Gasteiger partial charge in [-0.2, -0.15) is 0 Å². The monoisotopic (exact) mass is 341 g/mol. The predicted octanol–water partition coefficient (Wildman–Crippen LogP) is 4.17. The minimum Gasteiger partial charge on any atom is -0.494 e. The first-order chi connectivity index (χ1) is 11.7. The Morgan fingerprint density at radius 3 is 2.17 bits per heavy atom. The zero-order valence-corrected chi connectivity index (χ0v) is 15.6. The fraction of sp³-hybridized carbons (Fsp3) is 0.632. The van der Waals surface area contributed by atoms with Crippen LogP contribution in [0.25, 0.3) is 0 Å². The van der Waals surface area contributed by atoms with Crippen molar-refractivity contribution in [1.29, 1.82) is 0 Å². The van der Waals surface area contributed by atoms with Crippen LogP contribution in [0, 0.1) is 0 Å². The van der Waals surface area contributed by atoms with Gasteiger partial charge in [0.15, 0.2) is 5.78 Å². The fourth-order valence-corrected chi connectivity index (χ4v) is 1.81. The molecule has 5 nitrogen and oxygen atoms in total. The Labute approximate surface area is 148 Å². The first-order valence-electron chi connectivity index (χ1n) is 8.84. The van der Waals surface area contributed by atoms with E-state index in [1.54, 1.807) is 0 Å². The van der Waals surface area contributed by atoms with Gasteiger partial charge in [-0.25, -0.2) is 0 Å². The van der Waals surface area contributed by atoms with Gasteiger partial charge in [-0.1, -0.05) is 13.8 Å². The smallest absolute Gasteiger partial charge is 0.155 e. The summed E-state index contributed by atoms with van der Waals surface area (Å²) < 4.78 is 16.3. The lowest BCUT2D eigenvalue weighted by atomic mass is 10.3. The normalized spacial score (nSPS) is 9.83. The minimum absolute atomic E-state index is 0. The Morgan fingerprint density at radius 2 is 1.58 bits per heavy atom. The van der Waals surface area contributed by atoms with Gasteiger partial charge >= 0.3 is 0 Å². The third-order valence-corrected chi connectivity index (χ3v) is 2.82. The zero-order chi connectivity index (χ0) is 18.0. The van der Waals surface area contributed by atoms with Gasteiger partial charge in [0.2, 0.25) is 0 Å². The number of hydrogen-bond acceptors (Lipinski definition) is 5. The van der Waals surface area contributed by atoms with Crippen LogP contribution in [0.5, 0.6) is 5.75 Å². The molecule has 24 heavy (non-hydrogen) atoms. The van der Waals surface area contributed by atoms with Crippen LogP contribution < -0.4 is 10.1 Å². The molecule has 5 heteroatoms. The van der Waals surface area contributed by atoms with E-state index in [2.05, 4.69) is 12.2 Å². The SMILES string of the molecule is CC.CCNc1ccc(OCCCOCCCOCC(C)=O)cc1.[HH]. The Hall–Kier alpha value is -1.59. The average molecular weight is 341 g/mol. The summed E-state index contributed by atoms with van der Waals surface area (Å²) in [6, 6.07) is 7.95. The van der Waals surface area contributed by atoms with Crippen LogP contribution in [0.3, 0.4) is 0 Å². The van der Waals surface area contributed by atoms with Crippen LogP contribution in [0.2, 0.25) is 0 Å². The molecule has 0 saturated heterocycles. The van der Waals surface area contributed by atoms with Crippen LogP contribution in [-0.4, -0.2) is 45.4 Å². The molecular formula is C19H35NO4. The van der Waals surface area contributed by atoms with Gasteiger partial charge in [-0.15, -0.1) is 0 Å². The summed E-state index contributed by atoms with van der Waals surface area (Å²) in [6.45, 7) is 11.2. The van der Waals surface area contributed by atoms with E-state index in [0.29, 0.717) is 26.4 Å². The van der Waals surface area contributed by atoms with E-state index < -0.39 is 0 Å². The third-order valence-electron chi connectivity index (χ3n) is 2.82. The quantitative estimate of drug-likeness (QED) is 0.546. The summed E-state index contributed by atoms with van der Waals surface area (Å²) in [5.41, 5.74) is 1.10. The van der Waals surface area contributed by atoms with E-state index in [4.69, 9.17) is 14.2 Å². The highest BCUT2D eigenvalue weighted by Gasteiger charge is 1.96. The van der Waals surface area contributed by atoms with Gasteiger partial charge < -0.3 is 19.5 Å². The lowest BCUT2D eigenvalue weighted by Gasteiger charge is -2.08. The van der Waals surface area contributed by atoms with Crippen molar-refractivity contribution in [2.75, 3.05) is 44.9 Å². The molecule has 1 aromatic carbocycles. The summed E-state index contributed by atoms with van der Waals surface area (Å²) in [7, 11) is 0. The van der Waals surface area contributed by atoms with Crippen molar-refractivity contribution >= 4 is 11.5 Å². The molecule has 0 saturated carbocycles. The molecule has 1 N–H and O–H groups in total. The summed E-state index contributed by atoms with van der Waals surface area (Å²) in [4.78, 5) is 10.6. The van der Waals surface area contributed by atoms with Crippen molar-refractivity contribution < 1.29 is 20.4 Å². The average Bonchev–Trinajstić information content (AvgIpc) is 2.60. The molecule has 1 rings (SSSR count). The number of rotatable bonds is 13. The maximum Gasteiger partial charge on any atom is 0.155 e. The second kappa shape index (κ2) is 16.3. The molecule has 0 fully saturated rings. The van der Waals surface area contributed by atoms with Crippen LogP contribution in [0.15, 0.2) is 24.3 Å². The Balaban J connectivity index is 0. The minimum atomic E-state index is 0. The molecule has 0 aromatic heterocycles. The number of ether oxygens (including phenoxy) is 3. The van der Waals surface area contributed by atoms with Crippen molar-refractivity contribution in [2.24, 2.45) is 0 Å². The van der Waals surface area contributed by atoms with E-state index in [-0.39, 0.29) is 13.8 Å². The zero-order valence-electron chi connectivity index (χ0n) is 15.6. The first-order valence-corrected chi connectivity index (χ1v) is 8.84. The van der Waals surface area contributed by atoms with Gasteiger partial charge in [0.05, 0.1) is 6.61 Å². The molecule has 140 valence electrons. The number of carbonyl (C=O) groups is 1. The Kier molecular flexibility index (Phi) is 15.2. The Bertz CT molecular complexity index is 412. The summed E-state index contributed by atoms with van der Waals surface area (Å²) in [5.74, 6) is 0.927. The molecule has 0 aliphatic rings. The van der Waals surface area contributed by atoms with Crippen LogP contribution in [0.1, 0.15) is 42.0 Å². The number of nitrogens with one attached hydrogen (secondary N) is 1. The van der Waals surface area contributed by atoms with Crippen LogP contribution in [0.4, 0.5) is 5.69 Å². The van der Waals surface area contributed by atoms with E-state index in [9.17, 15) is 4.79 Å². The molecule has 0 aliphatic carbocycles. The van der Waals surface area contributed by atoms with E-state index in [1.807, 2.05) is 38.1 Å². The maximum absolute atomic E-state index is 10.6. The largest absolute Gasteiger partial charge is 0.494 e. The van der Waals surface area contributed by atoms with Gasteiger partial charge in [0.1, 0.15) is 12.4 Å². The summed E-state index contributed by atoms with van der Waals surface area (Å²) in [5, 5.41) is 3.24. The van der Waals surface area contributed by atoms with Crippen LogP contribution >= 0.6 is 0 Å². The van der Waals surface area contributed by atoms with Gasteiger partial charge in [0, 0.05) is 39.9 Å².